The average Bonchev–Trinajstić information content (AvgIpc) is 3.02. The number of rotatable bonds is 7. The highest BCUT2D eigenvalue weighted by atomic mass is 32.2. The molecule has 1 N–H and O–H groups in total. The zero-order chi connectivity index (χ0) is 23.6. The van der Waals surface area contributed by atoms with E-state index < -0.39 is 28.1 Å². The molecule has 2 saturated heterocycles. The van der Waals surface area contributed by atoms with Crippen molar-refractivity contribution in [2.45, 2.75) is 50.3 Å². The lowest BCUT2D eigenvalue weighted by atomic mass is 9.90. The monoisotopic (exact) mass is 473 g/mol. The van der Waals surface area contributed by atoms with Gasteiger partial charge in [0, 0.05) is 19.6 Å². The first-order valence-electron chi connectivity index (χ1n) is 10.6. The summed E-state index contributed by atoms with van der Waals surface area (Å²) >= 11 is 1.20. The van der Waals surface area contributed by atoms with E-state index in [9.17, 15) is 18.0 Å². The van der Waals surface area contributed by atoms with E-state index in [1.807, 2.05) is 13.8 Å². The molecule has 1 aromatic rings. The summed E-state index contributed by atoms with van der Waals surface area (Å²) in [5.41, 5.74) is -1.48. The Balaban J connectivity index is 1.69. The van der Waals surface area contributed by atoms with Gasteiger partial charge >= 0.3 is 6.18 Å². The minimum Gasteiger partial charge on any atom is -0.379 e. The Hall–Kier alpha value is -1.62. The molecule has 2 aliphatic rings. The molecule has 1 aromatic carbocycles. The van der Waals surface area contributed by atoms with Gasteiger partial charge in [-0.1, -0.05) is 30.0 Å². The number of amides is 1. The number of morpholine rings is 1. The van der Waals surface area contributed by atoms with Crippen LogP contribution in [0.25, 0.3) is 0 Å². The molecule has 2 fully saturated rings. The molecule has 10 heteroatoms. The number of nitrogens with one attached hydrogen (secondary N) is 1. The van der Waals surface area contributed by atoms with Crippen molar-refractivity contribution in [3.05, 3.63) is 35.4 Å². The Morgan fingerprint density at radius 2 is 1.94 bits per heavy atom. The molecule has 178 valence electrons. The van der Waals surface area contributed by atoms with Gasteiger partial charge in [0.1, 0.15) is 4.75 Å². The van der Waals surface area contributed by atoms with E-state index in [1.54, 1.807) is 19.9 Å². The predicted octanol–water partition coefficient (Wildman–Crippen LogP) is 3.87. The van der Waals surface area contributed by atoms with Gasteiger partial charge in [0.25, 0.3) is 0 Å². The average molecular weight is 474 g/mol. The molecule has 0 spiro atoms. The van der Waals surface area contributed by atoms with E-state index in [1.165, 1.54) is 23.9 Å². The van der Waals surface area contributed by atoms with Crippen LogP contribution in [0.4, 0.5) is 13.2 Å². The first kappa shape index (κ1) is 25.0. The Bertz CT molecular complexity index is 856. The van der Waals surface area contributed by atoms with E-state index in [0.29, 0.717) is 25.0 Å². The summed E-state index contributed by atoms with van der Waals surface area (Å²) in [5, 5.41) is 3.03. The summed E-state index contributed by atoms with van der Waals surface area (Å²) in [6.45, 7) is 11.4. The van der Waals surface area contributed by atoms with Gasteiger partial charge in [-0.25, -0.2) is 0 Å². The third-order valence-corrected chi connectivity index (χ3v) is 7.59. The van der Waals surface area contributed by atoms with Gasteiger partial charge in [0.15, 0.2) is 5.17 Å². The first-order chi connectivity index (χ1) is 14.9. The van der Waals surface area contributed by atoms with Crippen molar-refractivity contribution in [2.75, 3.05) is 39.5 Å². The van der Waals surface area contributed by atoms with Crippen LogP contribution in [-0.2, 0) is 20.4 Å². The molecule has 2 heterocycles. The molecule has 0 aromatic heterocycles. The number of alkyl halides is 3. The first-order valence-corrected chi connectivity index (χ1v) is 11.4. The van der Waals surface area contributed by atoms with Crippen LogP contribution in [-0.4, -0.2) is 65.8 Å². The third kappa shape index (κ3) is 5.47. The number of benzene rings is 1. The van der Waals surface area contributed by atoms with E-state index in [0.717, 1.165) is 25.7 Å². The summed E-state index contributed by atoms with van der Waals surface area (Å²) in [6.07, 6.45) is -4.47. The van der Waals surface area contributed by atoms with Crippen molar-refractivity contribution in [1.82, 2.24) is 10.2 Å². The highest BCUT2D eigenvalue weighted by Gasteiger charge is 2.54. The number of halogens is 3. The van der Waals surface area contributed by atoms with Gasteiger partial charge in [-0.3, -0.25) is 14.7 Å². The fourth-order valence-corrected chi connectivity index (χ4v) is 4.88. The SMILES string of the molecule is C[C@H](N=C1NC(=O)C(C)(C(C)(C)OCCN2CCOCC2)S1)c1ccccc1C(F)(F)F. The number of thioether (sulfide) groups is 1. The quantitative estimate of drug-likeness (QED) is 0.652. The number of ether oxygens (including phenoxy) is 2. The highest BCUT2D eigenvalue weighted by molar-refractivity contribution is 8.16. The maximum absolute atomic E-state index is 13.4. The van der Waals surface area contributed by atoms with Crippen LogP contribution in [0.2, 0.25) is 0 Å². The maximum atomic E-state index is 13.4. The topological polar surface area (TPSA) is 63.2 Å². The minimum atomic E-state index is -4.47. The van der Waals surface area contributed by atoms with Gasteiger partial charge in [-0.15, -0.1) is 0 Å². The zero-order valence-corrected chi connectivity index (χ0v) is 19.6. The molecule has 3 rings (SSSR count). The van der Waals surface area contributed by atoms with Gasteiger partial charge in [-0.2, -0.15) is 13.2 Å². The number of nitrogens with zero attached hydrogens (tertiary/aromatic N) is 2. The molecule has 0 saturated carbocycles. The fraction of sp³-hybridized carbons (Fsp3) is 0.636. The number of amidine groups is 1. The van der Waals surface area contributed by atoms with Crippen molar-refractivity contribution < 1.29 is 27.4 Å². The van der Waals surface area contributed by atoms with Crippen LogP contribution < -0.4 is 5.32 Å². The fourth-order valence-electron chi connectivity index (χ4n) is 3.69. The molecule has 0 bridgehead atoms. The number of hydrogen-bond acceptors (Lipinski definition) is 6. The normalized spacial score (nSPS) is 25.2. The second kappa shape index (κ2) is 9.70. The van der Waals surface area contributed by atoms with Crippen LogP contribution in [0.5, 0.6) is 0 Å². The van der Waals surface area contributed by atoms with Crippen molar-refractivity contribution in [2.24, 2.45) is 4.99 Å². The standard InChI is InChI=1S/C22H30F3N3O3S/c1-15(16-7-5-6-8-17(16)22(23,24)25)26-19-27-18(29)21(4,32-19)20(2,3)31-14-11-28-9-12-30-13-10-28/h5-8,15H,9-14H2,1-4H3,(H,26,27,29)/t15-,21?/m0/s1. The summed E-state index contributed by atoms with van der Waals surface area (Å²) in [7, 11) is 0. The smallest absolute Gasteiger partial charge is 0.379 e. The molecule has 0 aliphatic carbocycles. The Morgan fingerprint density at radius 3 is 2.59 bits per heavy atom. The second-order valence-corrected chi connectivity index (χ2v) is 10.0. The molecular weight excluding hydrogens is 443 g/mol. The van der Waals surface area contributed by atoms with E-state index in [4.69, 9.17) is 9.47 Å². The molecule has 0 radical (unpaired) electrons. The predicted molar refractivity (Wildman–Crippen MR) is 119 cm³/mol. The van der Waals surface area contributed by atoms with Crippen LogP contribution in [0.15, 0.2) is 29.3 Å². The van der Waals surface area contributed by atoms with Gasteiger partial charge in [-0.05, 0) is 39.3 Å². The Morgan fingerprint density at radius 1 is 1.28 bits per heavy atom. The van der Waals surface area contributed by atoms with Gasteiger partial charge < -0.3 is 14.8 Å². The molecular formula is C22H30F3N3O3S. The van der Waals surface area contributed by atoms with Crippen molar-refractivity contribution in [3.63, 3.8) is 0 Å². The molecule has 1 unspecified atom stereocenters. The van der Waals surface area contributed by atoms with Crippen LogP contribution >= 0.6 is 11.8 Å². The second-order valence-electron chi connectivity index (χ2n) is 8.60. The third-order valence-electron chi connectivity index (χ3n) is 6.10. The Kier molecular flexibility index (Phi) is 7.59. The molecule has 6 nitrogen and oxygen atoms in total. The molecule has 1 amide bonds. The Labute approximate surface area is 190 Å². The molecule has 32 heavy (non-hydrogen) atoms. The van der Waals surface area contributed by atoms with Gasteiger partial charge in [0.2, 0.25) is 5.91 Å². The van der Waals surface area contributed by atoms with Crippen LogP contribution in [0.1, 0.15) is 44.9 Å². The van der Waals surface area contributed by atoms with Crippen molar-refractivity contribution in [3.8, 4) is 0 Å². The lowest BCUT2D eigenvalue weighted by Crippen LogP contribution is -2.53. The number of hydrogen-bond donors (Lipinski definition) is 1. The largest absolute Gasteiger partial charge is 0.416 e. The number of aliphatic imine (C=N–C) groups is 1. The van der Waals surface area contributed by atoms with E-state index >= 15 is 0 Å². The van der Waals surface area contributed by atoms with Crippen molar-refractivity contribution >= 4 is 22.8 Å². The number of carbonyl (C=O) groups excluding carboxylic acids is 1. The van der Waals surface area contributed by atoms with Crippen LogP contribution in [0.3, 0.4) is 0 Å². The maximum Gasteiger partial charge on any atom is 0.416 e. The lowest BCUT2D eigenvalue weighted by Gasteiger charge is -2.38. The zero-order valence-electron chi connectivity index (χ0n) is 18.8. The molecule has 2 atom stereocenters. The highest BCUT2D eigenvalue weighted by Crippen LogP contribution is 2.43. The van der Waals surface area contributed by atoms with Crippen molar-refractivity contribution in [1.29, 1.82) is 0 Å². The summed E-state index contributed by atoms with van der Waals surface area (Å²) in [4.78, 5) is 19.5. The summed E-state index contributed by atoms with van der Waals surface area (Å²) in [6, 6.07) is 4.59. The van der Waals surface area contributed by atoms with Crippen LogP contribution in [0, 0.1) is 0 Å². The number of carbonyl (C=O) groups is 1. The summed E-state index contributed by atoms with van der Waals surface area (Å²) in [5.74, 6) is -0.270. The summed E-state index contributed by atoms with van der Waals surface area (Å²) < 4.78 is 50.6. The van der Waals surface area contributed by atoms with Gasteiger partial charge in [0.05, 0.1) is 37.0 Å². The lowest BCUT2D eigenvalue weighted by molar-refractivity contribution is -0.138. The van der Waals surface area contributed by atoms with E-state index in [-0.39, 0.29) is 11.5 Å². The minimum absolute atomic E-state index is 0.0666. The molecule has 2 aliphatic heterocycles. The van der Waals surface area contributed by atoms with E-state index in [2.05, 4.69) is 15.2 Å².